The Morgan fingerprint density at radius 1 is 1.12 bits per heavy atom. The summed E-state index contributed by atoms with van der Waals surface area (Å²) in [5, 5.41) is 3.39. The Bertz CT molecular complexity index is 954. The molecule has 0 bridgehead atoms. The van der Waals surface area contributed by atoms with Crippen LogP contribution in [-0.2, 0) is 4.79 Å². The van der Waals surface area contributed by atoms with Gasteiger partial charge in [-0.3, -0.25) is 9.59 Å². The van der Waals surface area contributed by atoms with Gasteiger partial charge in [0.25, 0.3) is 0 Å². The number of methoxy groups -OCH3 is 1. The van der Waals surface area contributed by atoms with Crippen LogP contribution in [-0.4, -0.2) is 18.8 Å². The number of ether oxygens (including phenoxy) is 1. The van der Waals surface area contributed by atoms with E-state index in [1.165, 1.54) is 13.0 Å². The Morgan fingerprint density at radius 3 is 2.56 bits per heavy atom. The molecule has 1 amide bonds. The Morgan fingerprint density at radius 2 is 1.88 bits per heavy atom. The van der Waals surface area contributed by atoms with Crippen LogP contribution in [0.3, 0.4) is 0 Å². The number of amides is 1. The Balaban J connectivity index is 1.91. The molecule has 0 atom stereocenters. The Kier molecular flexibility index (Phi) is 4.66. The van der Waals surface area contributed by atoms with E-state index in [4.69, 9.17) is 9.15 Å². The van der Waals surface area contributed by atoms with E-state index in [2.05, 4.69) is 5.32 Å². The second-order valence-corrected chi connectivity index (χ2v) is 5.46. The molecule has 1 heterocycles. The summed E-state index contributed by atoms with van der Waals surface area (Å²) in [6, 6.07) is 14.6. The first-order valence-electron chi connectivity index (χ1n) is 7.74. The predicted molar refractivity (Wildman–Crippen MR) is 96.9 cm³/mol. The molecular weight excluding hydrogens is 318 g/mol. The van der Waals surface area contributed by atoms with Crippen molar-refractivity contribution in [3.05, 3.63) is 65.9 Å². The number of furan rings is 1. The van der Waals surface area contributed by atoms with Gasteiger partial charge in [-0.25, -0.2) is 0 Å². The lowest BCUT2D eigenvalue weighted by molar-refractivity contribution is -0.111. The van der Waals surface area contributed by atoms with Crippen LogP contribution < -0.4 is 10.1 Å². The third-order valence-electron chi connectivity index (χ3n) is 3.69. The summed E-state index contributed by atoms with van der Waals surface area (Å²) in [4.78, 5) is 24.1. The van der Waals surface area contributed by atoms with Gasteiger partial charge >= 0.3 is 0 Å². The molecule has 0 aliphatic heterocycles. The maximum absolute atomic E-state index is 12.2. The van der Waals surface area contributed by atoms with Crippen molar-refractivity contribution in [3.8, 4) is 5.75 Å². The third kappa shape index (κ3) is 3.61. The molecule has 126 valence electrons. The van der Waals surface area contributed by atoms with Gasteiger partial charge < -0.3 is 14.5 Å². The SMILES string of the molecule is COc1ccc2c(NC(=O)C=Cc3ccccc3)c(C(C)=O)oc2c1. The maximum atomic E-state index is 12.2. The van der Waals surface area contributed by atoms with Gasteiger partial charge in [0.15, 0.2) is 11.5 Å². The molecule has 0 unspecified atom stereocenters. The summed E-state index contributed by atoms with van der Waals surface area (Å²) in [6.45, 7) is 1.39. The van der Waals surface area contributed by atoms with Gasteiger partial charge in [-0.1, -0.05) is 30.3 Å². The highest BCUT2D eigenvalue weighted by Gasteiger charge is 2.19. The molecule has 2 aromatic carbocycles. The molecule has 3 rings (SSSR count). The zero-order valence-electron chi connectivity index (χ0n) is 13.9. The largest absolute Gasteiger partial charge is 0.497 e. The van der Waals surface area contributed by atoms with Crippen molar-refractivity contribution >= 4 is 34.4 Å². The zero-order chi connectivity index (χ0) is 17.8. The van der Waals surface area contributed by atoms with Crippen molar-refractivity contribution in [3.63, 3.8) is 0 Å². The highest BCUT2D eigenvalue weighted by molar-refractivity contribution is 6.13. The van der Waals surface area contributed by atoms with Crippen LogP contribution in [0.2, 0.25) is 0 Å². The van der Waals surface area contributed by atoms with E-state index in [1.807, 2.05) is 30.3 Å². The van der Waals surface area contributed by atoms with Crippen LogP contribution in [0.4, 0.5) is 5.69 Å². The van der Waals surface area contributed by atoms with Gasteiger partial charge in [-0.15, -0.1) is 0 Å². The number of ketones is 1. The second-order valence-electron chi connectivity index (χ2n) is 5.46. The number of carbonyl (C=O) groups is 2. The van der Waals surface area contributed by atoms with Gasteiger partial charge in [0, 0.05) is 24.5 Å². The van der Waals surface area contributed by atoms with Gasteiger partial charge in [-0.05, 0) is 23.8 Å². The summed E-state index contributed by atoms with van der Waals surface area (Å²) < 4.78 is 10.8. The van der Waals surface area contributed by atoms with E-state index in [0.717, 1.165) is 5.56 Å². The summed E-state index contributed by atoms with van der Waals surface area (Å²) in [5.74, 6) is 0.116. The van der Waals surface area contributed by atoms with Crippen LogP contribution in [0, 0.1) is 0 Å². The van der Waals surface area contributed by atoms with Crippen molar-refractivity contribution < 1.29 is 18.7 Å². The van der Waals surface area contributed by atoms with Crippen LogP contribution in [0.1, 0.15) is 23.0 Å². The monoisotopic (exact) mass is 335 g/mol. The molecule has 0 spiro atoms. The van der Waals surface area contributed by atoms with E-state index in [0.29, 0.717) is 22.4 Å². The van der Waals surface area contributed by atoms with Gasteiger partial charge in [0.2, 0.25) is 5.91 Å². The van der Waals surface area contributed by atoms with Crippen LogP contribution >= 0.6 is 0 Å². The number of rotatable bonds is 5. The maximum Gasteiger partial charge on any atom is 0.248 e. The first kappa shape index (κ1) is 16.5. The van der Waals surface area contributed by atoms with Gasteiger partial charge in [0.05, 0.1) is 12.8 Å². The lowest BCUT2D eigenvalue weighted by Crippen LogP contribution is -2.10. The van der Waals surface area contributed by atoms with Gasteiger partial charge in [-0.2, -0.15) is 0 Å². The molecule has 5 nitrogen and oxygen atoms in total. The molecule has 3 aromatic rings. The minimum atomic E-state index is -0.343. The van der Waals surface area contributed by atoms with Crippen molar-refractivity contribution in [1.29, 1.82) is 0 Å². The Hall–Kier alpha value is -3.34. The van der Waals surface area contributed by atoms with Crippen molar-refractivity contribution in [1.82, 2.24) is 0 Å². The number of fused-ring (bicyclic) bond motifs is 1. The lowest BCUT2D eigenvalue weighted by Gasteiger charge is -2.02. The number of benzene rings is 2. The summed E-state index contributed by atoms with van der Waals surface area (Å²) >= 11 is 0. The number of Topliss-reactive ketones (excluding diaryl/α,β-unsaturated/α-hetero) is 1. The molecule has 0 radical (unpaired) electrons. The fourth-order valence-corrected chi connectivity index (χ4v) is 2.48. The Labute approximate surface area is 144 Å². The first-order chi connectivity index (χ1) is 12.1. The highest BCUT2D eigenvalue weighted by atomic mass is 16.5. The van der Waals surface area contributed by atoms with E-state index < -0.39 is 0 Å². The second kappa shape index (κ2) is 7.05. The molecule has 0 aliphatic rings. The first-order valence-corrected chi connectivity index (χ1v) is 7.74. The topological polar surface area (TPSA) is 68.5 Å². The summed E-state index contributed by atoms with van der Waals surface area (Å²) in [5.41, 5.74) is 1.76. The fourth-order valence-electron chi connectivity index (χ4n) is 2.48. The number of hydrogen-bond donors (Lipinski definition) is 1. The standard InChI is InChI=1S/C20H17NO4/c1-13(22)20-19(16-10-9-15(24-2)12-17(16)25-20)21-18(23)11-8-14-6-4-3-5-7-14/h3-12H,1-2H3,(H,21,23). The minimum absolute atomic E-state index is 0.115. The number of hydrogen-bond acceptors (Lipinski definition) is 4. The summed E-state index contributed by atoms with van der Waals surface area (Å²) in [6.07, 6.45) is 3.12. The zero-order valence-corrected chi connectivity index (χ0v) is 13.9. The van der Waals surface area contributed by atoms with E-state index in [9.17, 15) is 9.59 Å². The third-order valence-corrected chi connectivity index (χ3v) is 3.69. The average Bonchev–Trinajstić information content (AvgIpc) is 2.98. The van der Waals surface area contributed by atoms with E-state index in [1.54, 1.807) is 31.4 Å². The molecule has 5 heteroatoms. The molecule has 0 saturated heterocycles. The van der Waals surface area contributed by atoms with Crippen LogP contribution in [0.15, 0.2) is 59.0 Å². The molecule has 0 saturated carbocycles. The van der Waals surface area contributed by atoms with Crippen LogP contribution in [0.5, 0.6) is 5.75 Å². The number of anilines is 1. The number of nitrogens with one attached hydrogen (secondary N) is 1. The molecule has 1 aromatic heterocycles. The van der Waals surface area contributed by atoms with Crippen LogP contribution in [0.25, 0.3) is 17.0 Å². The van der Waals surface area contributed by atoms with Gasteiger partial charge in [0.1, 0.15) is 11.3 Å². The molecule has 0 fully saturated rings. The van der Waals surface area contributed by atoms with E-state index >= 15 is 0 Å². The normalized spacial score (nSPS) is 11.0. The predicted octanol–water partition coefficient (Wildman–Crippen LogP) is 4.30. The molecule has 25 heavy (non-hydrogen) atoms. The number of carbonyl (C=O) groups excluding carboxylic acids is 2. The summed E-state index contributed by atoms with van der Waals surface area (Å²) in [7, 11) is 1.55. The minimum Gasteiger partial charge on any atom is -0.497 e. The molecule has 1 N–H and O–H groups in total. The highest BCUT2D eigenvalue weighted by Crippen LogP contribution is 2.33. The fraction of sp³-hybridized carbons (Fsp3) is 0.100. The lowest BCUT2D eigenvalue weighted by atomic mass is 10.2. The quantitative estimate of drug-likeness (QED) is 0.558. The van der Waals surface area contributed by atoms with Crippen molar-refractivity contribution in [2.24, 2.45) is 0 Å². The molecular formula is C20H17NO4. The van der Waals surface area contributed by atoms with Crippen molar-refractivity contribution in [2.75, 3.05) is 12.4 Å². The smallest absolute Gasteiger partial charge is 0.248 e. The molecule has 0 aliphatic carbocycles. The van der Waals surface area contributed by atoms with E-state index in [-0.39, 0.29) is 17.5 Å². The van der Waals surface area contributed by atoms with Crippen molar-refractivity contribution in [2.45, 2.75) is 6.92 Å². The average molecular weight is 335 g/mol.